The number of Topliss-reactive ketones (excluding diaryl/α,β-unsaturated/α-hetero) is 1. The van der Waals surface area contributed by atoms with Crippen LogP contribution in [0.4, 0.5) is 0 Å². The van der Waals surface area contributed by atoms with Crippen molar-refractivity contribution in [3.63, 3.8) is 0 Å². The molecule has 0 saturated heterocycles. The average Bonchev–Trinajstić information content (AvgIpc) is 3.19. The minimum Gasteiger partial charge on any atom is -0.468 e. The molecule has 0 spiro atoms. The molecule has 0 aromatic carbocycles. The summed E-state index contributed by atoms with van der Waals surface area (Å²) in [6.45, 7) is 5.98. The van der Waals surface area contributed by atoms with Gasteiger partial charge in [0.25, 0.3) is 0 Å². The predicted octanol–water partition coefficient (Wildman–Crippen LogP) is 3.19. The molecule has 0 amide bonds. The third-order valence-corrected chi connectivity index (χ3v) is 5.00. The van der Waals surface area contributed by atoms with Gasteiger partial charge in [-0.2, -0.15) is 5.10 Å². The van der Waals surface area contributed by atoms with E-state index in [1.807, 2.05) is 19.1 Å². The molecule has 0 unspecified atom stereocenters. The van der Waals surface area contributed by atoms with Crippen LogP contribution in [0.5, 0.6) is 5.88 Å². The molecule has 0 N–H and O–H groups in total. The first-order valence-electron chi connectivity index (χ1n) is 8.62. The molecule has 7 nitrogen and oxygen atoms in total. The number of rotatable bonds is 1. The van der Waals surface area contributed by atoms with Gasteiger partial charge in [0, 0.05) is 18.4 Å². The monoisotopic (exact) mass is 350 g/mol. The van der Waals surface area contributed by atoms with Crippen LogP contribution < -0.4 is 4.74 Å². The number of carbonyl (C=O) groups excluding carboxylic acids is 1. The molecule has 0 saturated carbocycles. The molecule has 5 rings (SSSR count). The van der Waals surface area contributed by atoms with Crippen molar-refractivity contribution in [2.45, 2.75) is 39.5 Å². The topological polar surface area (TPSA) is 82.5 Å². The number of ketones is 1. The van der Waals surface area contributed by atoms with Gasteiger partial charge >= 0.3 is 0 Å². The van der Waals surface area contributed by atoms with E-state index in [2.05, 4.69) is 28.9 Å². The molecule has 132 valence electrons. The van der Waals surface area contributed by atoms with Gasteiger partial charge < -0.3 is 9.15 Å². The highest BCUT2D eigenvalue weighted by molar-refractivity contribution is 6.00. The second-order valence-corrected chi connectivity index (χ2v) is 7.72. The second-order valence-electron chi connectivity index (χ2n) is 7.72. The highest BCUT2D eigenvalue weighted by Crippen LogP contribution is 2.50. The summed E-state index contributed by atoms with van der Waals surface area (Å²) < 4.78 is 13.4. The molecule has 2 aliphatic rings. The number of carbonyl (C=O) groups is 1. The number of hydrogen-bond acceptors (Lipinski definition) is 6. The molecule has 0 bridgehead atoms. The van der Waals surface area contributed by atoms with Gasteiger partial charge in [0.1, 0.15) is 23.7 Å². The normalized spacial score (nSPS) is 21.5. The Morgan fingerprint density at radius 1 is 1.31 bits per heavy atom. The lowest BCUT2D eigenvalue weighted by Gasteiger charge is -2.36. The van der Waals surface area contributed by atoms with Crippen molar-refractivity contribution in [2.24, 2.45) is 5.41 Å². The van der Waals surface area contributed by atoms with E-state index in [-0.39, 0.29) is 17.1 Å². The fourth-order valence-corrected chi connectivity index (χ4v) is 3.99. The van der Waals surface area contributed by atoms with E-state index in [0.29, 0.717) is 47.3 Å². The first-order valence-corrected chi connectivity index (χ1v) is 8.62. The number of nitrogens with zero attached hydrogens (tertiary/aromatic N) is 4. The van der Waals surface area contributed by atoms with Gasteiger partial charge in [-0.05, 0) is 24.5 Å². The lowest BCUT2D eigenvalue weighted by molar-refractivity contribution is -0.118. The van der Waals surface area contributed by atoms with Crippen molar-refractivity contribution >= 4 is 11.4 Å². The minimum absolute atomic E-state index is 0.0848. The first kappa shape index (κ1) is 15.3. The third kappa shape index (κ3) is 2.13. The molecule has 7 heteroatoms. The fourth-order valence-electron chi connectivity index (χ4n) is 3.99. The summed E-state index contributed by atoms with van der Waals surface area (Å²) in [6.07, 6.45) is 4.37. The van der Waals surface area contributed by atoms with Crippen LogP contribution in [0.3, 0.4) is 0 Å². The molecular formula is C19H18N4O3. The summed E-state index contributed by atoms with van der Waals surface area (Å²) in [7, 11) is 0. The Bertz CT molecular complexity index is 1080. The Labute approximate surface area is 149 Å². The highest BCUT2D eigenvalue weighted by Gasteiger charge is 2.44. The van der Waals surface area contributed by atoms with Crippen molar-refractivity contribution in [1.82, 2.24) is 19.6 Å². The van der Waals surface area contributed by atoms with Gasteiger partial charge in [0.05, 0.1) is 17.7 Å². The zero-order chi connectivity index (χ0) is 18.1. The van der Waals surface area contributed by atoms with Gasteiger partial charge in [-0.25, -0.2) is 14.5 Å². The number of allylic oxidation sites excluding steroid dienone is 2. The average molecular weight is 350 g/mol. The van der Waals surface area contributed by atoms with E-state index in [9.17, 15) is 4.79 Å². The second kappa shape index (κ2) is 5.03. The molecule has 0 fully saturated rings. The van der Waals surface area contributed by atoms with E-state index >= 15 is 0 Å². The van der Waals surface area contributed by atoms with Crippen LogP contribution in [0.1, 0.15) is 49.8 Å². The number of furan rings is 1. The van der Waals surface area contributed by atoms with E-state index in [1.165, 1.54) is 0 Å². The number of fused-ring (bicyclic) bond motifs is 3. The SMILES string of the molecule is Cc1nc2c3c(ncn2n1)OC1=C(C(=O)CC(C)(C)C1)[C@H]3c1ccco1. The van der Waals surface area contributed by atoms with Crippen molar-refractivity contribution in [1.29, 1.82) is 0 Å². The maximum Gasteiger partial charge on any atom is 0.228 e. The summed E-state index contributed by atoms with van der Waals surface area (Å²) in [5, 5.41) is 4.34. The van der Waals surface area contributed by atoms with Crippen LogP contribution in [0.15, 0.2) is 40.5 Å². The van der Waals surface area contributed by atoms with Crippen LogP contribution >= 0.6 is 0 Å². The Kier molecular flexibility index (Phi) is 2.96. The van der Waals surface area contributed by atoms with Gasteiger partial charge in [0.2, 0.25) is 5.88 Å². The summed E-state index contributed by atoms with van der Waals surface area (Å²) in [5.41, 5.74) is 1.88. The van der Waals surface area contributed by atoms with Crippen molar-refractivity contribution in [2.75, 3.05) is 0 Å². The molecule has 0 radical (unpaired) electrons. The van der Waals surface area contributed by atoms with E-state index in [0.717, 1.165) is 5.56 Å². The van der Waals surface area contributed by atoms with E-state index < -0.39 is 0 Å². The van der Waals surface area contributed by atoms with E-state index in [1.54, 1.807) is 17.1 Å². The van der Waals surface area contributed by atoms with Crippen LogP contribution in [0, 0.1) is 12.3 Å². The van der Waals surface area contributed by atoms with Gasteiger partial charge in [0.15, 0.2) is 11.4 Å². The van der Waals surface area contributed by atoms with Crippen molar-refractivity contribution < 1.29 is 13.9 Å². The van der Waals surface area contributed by atoms with Crippen LogP contribution in [-0.4, -0.2) is 25.4 Å². The maximum atomic E-state index is 13.1. The summed E-state index contributed by atoms with van der Waals surface area (Å²) >= 11 is 0. The lowest BCUT2D eigenvalue weighted by Crippen LogP contribution is -2.33. The van der Waals surface area contributed by atoms with Gasteiger partial charge in [-0.15, -0.1) is 0 Å². The molecule has 1 atom stereocenters. The van der Waals surface area contributed by atoms with Crippen LogP contribution in [0.2, 0.25) is 0 Å². The quantitative estimate of drug-likeness (QED) is 0.670. The van der Waals surface area contributed by atoms with Crippen LogP contribution in [-0.2, 0) is 4.79 Å². The Balaban J connectivity index is 1.81. The standard InChI is InChI=1S/C19H18N4O3/c1-10-21-17-16-15(12-5-4-6-25-12)14-11(24)7-19(2,3)8-13(14)26-18(16)20-9-23(17)22-10/h4-6,9,15H,7-8H2,1-3H3/t15-/m1/s1. The molecular weight excluding hydrogens is 332 g/mol. The minimum atomic E-state index is -0.382. The van der Waals surface area contributed by atoms with Gasteiger partial charge in [-0.3, -0.25) is 4.79 Å². The lowest BCUT2D eigenvalue weighted by atomic mass is 9.71. The van der Waals surface area contributed by atoms with Crippen LogP contribution in [0.25, 0.3) is 5.65 Å². The van der Waals surface area contributed by atoms with E-state index in [4.69, 9.17) is 9.15 Å². The number of ether oxygens (including phenoxy) is 1. The first-order chi connectivity index (χ1) is 12.4. The molecule has 1 aliphatic heterocycles. The predicted molar refractivity (Wildman–Crippen MR) is 91.7 cm³/mol. The van der Waals surface area contributed by atoms with Crippen molar-refractivity contribution in [3.8, 4) is 5.88 Å². The Morgan fingerprint density at radius 3 is 2.92 bits per heavy atom. The Morgan fingerprint density at radius 2 is 2.15 bits per heavy atom. The molecule has 3 aromatic rings. The number of hydrogen-bond donors (Lipinski definition) is 0. The zero-order valence-corrected chi connectivity index (χ0v) is 14.8. The van der Waals surface area contributed by atoms with Gasteiger partial charge in [-0.1, -0.05) is 13.8 Å². The molecule has 3 aromatic heterocycles. The largest absolute Gasteiger partial charge is 0.468 e. The summed E-state index contributed by atoms with van der Waals surface area (Å²) in [6, 6.07) is 3.70. The highest BCUT2D eigenvalue weighted by atomic mass is 16.5. The molecule has 26 heavy (non-hydrogen) atoms. The fraction of sp³-hybridized carbons (Fsp3) is 0.368. The maximum absolute atomic E-state index is 13.1. The third-order valence-electron chi connectivity index (χ3n) is 5.00. The number of aromatic nitrogens is 4. The zero-order valence-electron chi connectivity index (χ0n) is 14.8. The summed E-state index contributed by atoms with van der Waals surface area (Å²) in [4.78, 5) is 22.0. The van der Waals surface area contributed by atoms with Crippen molar-refractivity contribution in [3.05, 3.63) is 53.2 Å². The Hall–Kier alpha value is -2.96. The number of aryl methyl sites for hydroxylation is 1. The molecule has 1 aliphatic carbocycles. The smallest absolute Gasteiger partial charge is 0.228 e. The summed E-state index contributed by atoms with van der Waals surface area (Å²) in [5.74, 6) is 2.18. The molecule has 4 heterocycles.